The van der Waals surface area contributed by atoms with Gasteiger partial charge in [-0.1, -0.05) is 147 Å². The molecule has 0 aliphatic carbocycles. The molecule has 0 bridgehead atoms. The first-order valence-electron chi connectivity index (χ1n) is 22.7. The molecule has 0 fully saturated rings. The van der Waals surface area contributed by atoms with Gasteiger partial charge in [0.1, 0.15) is 12.1 Å². The molecule has 3 atom stereocenters. The standard InChI is InChI=1S/C46H87N3O5/c1-3-5-7-9-11-13-15-17-19-21-23-25-27-29-31-36-44(52)42(39-50)49(46(54)41(48)35-33-34-38-47)43(40-51)45(53)37-32-30-28-26-24-22-20-18-16-14-12-10-8-6-4-2/h17-20,41-43,50-51H,3-16,21-40,47-48H2,1-2H3/b19-17-,20-18-/t41-,42?,43?/m0/s1. The van der Waals surface area contributed by atoms with Gasteiger partial charge in [-0.15, -0.1) is 0 Å². The maximum atomic E-state index is 13.7. The van der Waals surface area contributed by atoms with Crippen molar-refractivity contribution < 1.29 is 24.6 Å². The fourth-order valence-corrected chi connectivity index (χ4v) is 7.11. The van der Waals surface area contributed by atoms with E-state index in [0.717, 1.165) is 69.1 Å². The van der Waals surface area contributed by atoms with Gasteiger partial charge in [-0.2, -0.15) is 0 Å². The van der Waals surface area contributed by atoms with Crippen LogP contribution < -0.4 is 11.5 Å². The van der Waals surface area contributed by atoms with Crippen molar-refractivity contribution in [2.45, 2.75) is 231 Å². The number of carbonyl (C=O) groups is 3. The van der Waals surface area contributed by atoms with E-state index in [2.05, 4.69) is 38.2 Å². The normalized spacial score (nSPS) is 13.5. The summed E-state index contributed by atoms with van der Waals surface area (Å²) >= 11 is 0. The predicted molar refractivity (Wildman–Crippen MR) is 228 cm³/mol. The van der Waals surface area contributed by atoms with Crippen LogP contribution in [0.2, 0.25) is 0 Å². The first-order chi connectivity index (χ1) is 26.4. The molecule has 0 saturated heterocycles. The molecule has 0 spiro atoms. The molecule has 0 radical (unpaired) electrons. The molecule has 8 nitrogen and oxygen atoms in total. The van der Waals surface area contributed by atoms with E-state index < -0.39 is 37.2 Å². The monoisotopic (exact) mass is 762 g/mol. The zero-order chi connectivity index (χ0) is 39.9. The Morgan fingerprint density at radius 1 is 0.500 bits per heavy atom. The van der Waals surface area contributed by atoms with Gasteiger partial charge in [0, 0.05) is 12.8 Å². The molecule has 0 aliphatic rings. The van der Waals surface area contributed by atoms with E-state index in [0.29, 0.717) is 38.6 Å². The zero-order valence-corrected chi connectivity index (χ0v) is 35.3. The molecular formula is C46H87N3O5. The topological polar surface area (TPSA) is 147 Å². The van der Waals surface area contributed by atoms with Crippen molar-refractivity contribution in [2.24, 2.45) is 11.5 Å². The molecular weight excluding hydrogens is 675 g/mol. The van der Waals surface area contributed by atoms with Crippen LogP contribution in [0.1, 0.15) is 213 Å². The van der Waals surface area contributed by atoms with Crippen LogP contribution in [0.3, 0.4) is 0 Å². The quantitative estimate of drug-likeness (QED) is 0.0358. The van der Waals surface area contributed by atoms with Crippen LogP contribution >= 0.6 is 0 Å². The highest BCUT2D eigenvalue weighted by atomic mass is 16.3. The van der Waals surface area contributed by atoms with Gasteiger partial charge in [-0.3, -0.25) is 14.4 Å². The summed E-state index contributed by atoms with van der Waals surface area (Å²) in [6, 6.07) is -3.35. The molecule has 316 valence electrons. The Kier molecular flexibility index (Phi) is 38.0. The van der Waals surface area contributed by atoms with Gasteiger partial charge in [0.2, 0.25) is 5.91 Å². The molecule has 0 aliphatic heterocycles. The van der Waals surface area contributed by atoms with Crippen LogP contribution in [0.5, 0.6) is 0 Å². The molecule has 0 rings (SSSR count). The van der Waals surface area contributed by atoms with E-state index in [-0.39, 0.29) is 24.4 Å². The summed E-state index contributed by atoms with van der Waals surface area (Å²) in [5, 5.41) is 20.8. The number of rotatable bonds is 41. The van der Waals surface area contributed by atoms with Gasteiger partial charge < -0.3 is 26.6 Å². The first-order valence-corrected chi connectivity index (χ1v) is 22.7. The Morgan fingerprint density at radius 2 is 0.833 bits per heavy atom. The Bertz CT molecular complexity index is 879. The van der Waals surface area contributed by atoms with E-state index in [1.54, 1.807) is 0 Å². The number of hydrogen-bond acceptors (Lipinski definition) is 7. The fraction of sp³-hybridized carbons (Fsp3) is 0.848. The Morgan fingerprint density at radius 3 is 1.17 bits per heavy atom. The van der Waals surface area contributed by atoms with Crippen molar-refractivity contribution >= 4 is 17.5 Å². The number of aliphatic hydroxyl groups excluding tert-OH is 2. The fourth-order valence-electron chi connectivity index (χ4n) is 7.11. The highest BCUT2D eigenvalue weighted by Crippen LogP contribution is 2.19. The van der Waals surface area contributed by atoms with Gasteiger partial charge >= 0.3 is 0 Å². The number of ketones is 2. The summed E-state index contributed by atoms with van der Waals surface area (Å²) in [5.41, 5.74) is 11.9. The minimum Gasteiger partial charge on any atom is -0.394 e. The van der Waals surface area contributed by atoms with Gasteiger partial charge in [-0.25, -0.2) is 0 Å². The van der Waals surface area contributed by atoms with Crippen LogP contribution in [0.15, 0.2) is 24.3 Å². The van der Waals surface area contributed by atoms with Crippen LogP contribution in [0.25, 0.3) is 0 Å². The van der Waals surface area contributed by atoms with Crippen molar-refractivity contribution in [3.05, 3.63) is 24.3 Å². The molecule has 0 aromatic carbocycles. The number of carbonyl (C=O) groups excluding carboxylic acids is 3. The molecule has 0 saturated carbocycles. The highest BCUT2D eigenvalue weighted by molar-refractivity contribution is 5.95. The van der Waals surface area contributed by atoms with Crippen LogP contribution in [0, 0.1) is 0 Å². The number of amides is 1. The minimum absolute atomic E-state index is 0.205. The molecule has 0 heterocycles. The maximum absolute atomic E-state index is 13.7. The number of unbranched alkanes of at least 4 members (excludes halogenated alkanes) is 23. The third-order valence-corrected chi connectivity index (χ3v) is 10.7. The van der Waals surface area contributed by atoms with Gasteiger partial charge in [0.15, 0.2) is 11.6 Å². The molecule has 54 heavy (non-hydrogen) atoms. The summed E-state index contributed by atoms with van der Waals surface area (Å²) in [6.07, 6.45) is 41.2. The van der Waals surface area contributed by atoms with Gasteiger partial charge in [0.05, 0.1) is 19.3 Å². The third kappa shape index (κ3) is 28.5. The van der Waals surface area contributed by atoms with Gasteiger partial charge in [-0.05, 0) is 83.6 Å². The smallest absolute Gasteiger partial charge is 0.240 e. The number of hydrogen-bond donors (Lipinski definition) is 4. The number of allylic oxidation sites excluding steroid dienone is 4. The lowest BCUT2D eigenvalue weighted by atomic mass is 9.97. The van der Waals surface area contributed by atoms with Crippen molar-refractivity contribution in [3.8, 4) is 0 Å². The lowest BCUT2D eigenvalue weighted by molar-refractivity contribution is -0.150. The second-order valence-corrected chi connectivity index (χ2v) is 15.6. The number of Topliss-reactive ketones (excluding diaryl/α,β-unsaturated/α-hetero) is 2. The van der Waals surface area contributed by atoms with Crippen LogP contribution in [-0.2, 0) is 14.4 Å². The number of nitrogens with two attached hydrogens (primary N) is 2. The molecule has 2 unspecified atom stereocenters. The van der Waals surface area contributed by atoms with Gasteiger partial charge in [0.25, 0.3) is 0 Å². The van der Waals surface area contributed by atoms with Crippen molar-refractivity contribution in [2.75, 3.05) is 19.8 Å². The molecule has 6 N–H and O–H groups in total. The number of nitrogens with zero attached hydrogens (tertiary/aromatic N) is 1. The minimum atomic E-state index is -1.20. The van der Waals surface area contributed by atoms with E-state index in [4.69, 9.17) is 11.5 Å². The SMILES string of the molecule is CCCCCCCC/C=C\CCCCCCCC(=O)C(CO)N(C(=O)[C@@H](N)CCCCN)C(CO)C(=O)CCCCCCC/C=C\CCCCCCCC. The average molecular weight is 762 g/mol. The molecule has 8 heteroatoms. The summed E-state index contributed by atoms with van der Waals surface area (Å²) in [5.74, 6) is -1.14. The molecule has 0 aromatic heterocycles. The second-order valence-electron chi connectivity index (χ2n) is 15.6. The van der Waals surface area contributed by atoms with Crippen molar-refractivity contribution in [1.82, 2.24) is 4.90 Å². The first kappa shape index (κ1) is 52.1. The van der Waals surface area contributed by atoms with E-state index in [1.807, 2.05) is 0 Å². The zero-order valence-electron chi connectivity index (χ0n) is 35.3. The van der Waals surface area contributed by atoms with Crippen LogP contribution in [0.4, 0.5) is 0 Å². The molecule has 1 amide bonds. The summed E-state index contributed by atoms with van der Waals surface area (Å²) < 4.78 is 0. The molecule has 0 aromatic rings. The Labute approximate surface area is 332 Å². The van der Waals surface area contributed by atoms with Crippen molar-refractivity contribution in [3.63, 3.8) is 0 Å². The summed E-state index contributed by atoms with van der Waals surface area (Å²) in [6.45, 7) is 3.75. The summed E-state index contributed by atoms with van der Waals surface area (Å²) in [4.78, 5) is 41.8. The highest BCUT2D eigenvalue weighted by Gasteiger charge is 2.39. The van der Waals surface area contributed by atoms with Crippen molar-refractivity contribution in [1.29, 1.82) is 0 Å². The largest absolute Gasteiger partial charge is 0.394 e. The van der Waals surface area contributed by atoms with Crippen LogP contribution in [-0.4, -0.2) is 70.5 Å². The average Bonchev–Trinajstić information content (AvgIpc) is 3.17. The Hall–Kier alpha value is -1.87. The maximum Gasteiger partial charge on any atom is 0.240 e. The van der Waals surface area contributed by atoms with E-state index >= 15 is 0 Å². The number of aliphatic hydroxyl groups is 2. The van der Waals surface area contributed by atoms with E-state index in [1.165, 1.54) is 89.9 Å². The third-order valence-electron chi connectivity index (χ3n) is 10.7. The second kappa shape index (κ2) is 39.4. The van der Waals surface area contributed by atoms with E-state index in [9.17, 15) is 24.6 Å². The predicted octanol–water partition coefficient (Wildman–Crippen LogP) is 10.2. The Balaban J connectivity index is 4.82. The summed E-state index contributed by atoms with van der Waals surface area (Å²) in [7, 11) is 0. The lowest BCUT2D eigenvalue weighted by Gasteiger charge is -2.37. The lowest BCUT2D eigenvalue weighted by Crippen LogP contribution is -2.60.